The molecule has 1 aromatic heterocycles. The Hall–Kier alpha value is -0.440. The number of aromatic nitrogens is 2. The lowest BCUT2D eigenvalue weighted by Gasteiger charge is -1.85. The van der Waals surface area contributed by atoms with Crippen LogP contribution in [0.3, 0.4) is 0 Å². The maximum atomic E-state index is 4.22. The molecule has 0 bridgehead atoms. The summed E-state index contributed by atoms with van der Waals surface area (Å²) in [5.41, 5.74) is 1.10. The first-order valence-corrected chi connectivity index (χ1v) is 3.38. The maximum Gasteiger partial charge on any atom is 0.115 e. The van der Waals surface area contributed by atoms with Gasteiger partial charge < -0.3 is 0 Å². The third-order valence-corrected chi connectivity index (χ3v) is 1.68. The van der Waals surface area contributed by atoms with Gasteiger partial charge in [-0.3, -0.25) is 3.97 Å². The van der Waals surface area contributed by atoms with Crippen molar-refractivity contribution in [1.82, 2.24) is 8.96 Å². The van der Waals surface area contributed by atoms with E-state index < -0.39 is 0 Å². The quantitative estimate of drug-likeness (QED) is 0.587. The van der Waals surface area contributed by atoms with Crippen molar-refractivity contribution in [3.8, 4) is 0 Å². The molecular formula is C6H10N2S. The highest BCUT2D eigenvalue weighted by molar-refractivity contribution is 7.78. The molecule has 0 aliphatic carbocycles. The summed E-state index contributed by atoms with van der Waals surface area (Å²) in [6.07, 6.45) is 2.91. The molecule has 1 rings (SSSR count). The average molecular weight is 142 g/mol. The zero-order chi connectivity index (χ0) is 6.85. The number of imidazole rings is 1. The summed E-state index contributed by atoms with van der Waals surface area (Å²) < 4.78 is 1.73. The lowest BCUT2D eigenvalue weighted by Crippen LogP contribution is -1.80. The number of nitrogens with zero attached hydrogens (tertiary/aromatic N) is 2. The Labute approximate surface area is 60.5 Å². The highest BCUT2D eigenvalue weighted by atomic mass is 32.1. The third kappa shape index (κ3) is 1.27. The van der Waals surface area contributed by atoms with Gasteiger partial charge in [0, 0.05) is 6.20 Å². The van der Waals surface area contributed by atoms with Gasteiger partial charge >= 0.3 is 0 Å². The van der Waals surface area contributed by atoms with Crippen LogP contribution in [-0.4, -0.2) is 8.96 Å². The minimum atomic E-state index is 0.954. The van der Waals surface area contributed by atoms with E-state index in [1.54, 1.807) is 3.97 Å². The number of thiol groups is 1. The molecule has 0 atom stereocenters. The van der Waals surface area contributed by atoms with Gasteiger partial charge in [-0.2, -0.15) is 0 Å². The van der Waals surface area contributed by atoms with Crippen LogP contribution in [-0.2, 0) is 6.42 Å². The summed E-state index contributed by atoms with van der Waals surface area (Å²) in [6, 6.07) is 0. The van der Waals surface area contributed by atoms with Gasteiger partial charge in [-0.05, 0) is 13.3 Å². The third-order valence-electron chi connectivity index (χ3n) is 1.27. The van der Waals surface area contributed by atoms with E-state index in [9.17, 15) is 0 Å². The number of hydrogen-bond donors (Lipinski definition) is 1. The molecule has 0 fully saturated rings. The van der Waals surface area contributed by atoms with Gasteiger partial charge in [0.05, 0.1) is 5.69 Å². The molecule has 0 aromatic carbocycles. The van der Waals surface area contributed by atoms with Gasteiger partial charge in [0.25, 0.3) is 0 Å². The molecule has 2 nitrogen and oxygen atoms in total. The van der Waals surface area contributed by atoms with Crippen LogP contribution in [0.25, 0.3) is 0 Å². The number of rotatable bonds is 1. The summed E-state index contributed by atoms with van der Waals surface area (Å²) in [5.74, 6) is 0.954. The average Bonchev–Trinajstić information content (AvgIpc) is 2.13. The van der Waals surface area contributed by atoms with Crippen LogP contribution in [0.5, 0.6) is 0 Å². The fourth-order valence-electron chi connectivity index (χ4n) is 0.693. The summed E-state index contributed by atoms with van der Waals surface area (Å²) in [5, 5.41) is 0. The summed E-state index contributed by atoms with van der Waals surface area (Å²) in [4.78, 5) is 4.22. The van der Waals surface area contributed by atoms with Crippen molar-refractivity contribution in [1.29, 1.82) is 0 Å². The molecule has 0 aliphatic heterocycles. The van der Waals surface area contributed by atoms with Crippen molar-refractivity contribution in [2.75, 3.05) is 0 Å². The number of hydrogen-bond acceptors (Lipinski definition) is 2. The van der Waals surface area contributed by atoms with Crippen molar-refractivity contribution in [3.05, 3.63) is 17.7 Å². The minimum absolute atomic E-state index is 0.954. The van der Waals surface area contributed by atoms with Gasteiger partial charge in [-0.15, -0.1) is 0 Å². The van der Waals surface area contributed by atoms with Gasteiger partial charge in [0.15, 0.2) is 0 Å². The first-order valence-electron chi connectivity index (χ1n) is 2.98. The summed E-state index contributed by atoms with van der Waals surface area (Å²) in [6.45, 7) is 4.02. The second kappa shape index (κ2) is 2.43. The maximum absolute atomic E-state index is 4.22. The van der Waals surface area contributed by atoms with E-state index in [0.717, 1.165) is 17.9 Å². The zero-order valence-corrected chi connectivity index (χ0v) is 6.52. The molecule has 50 valence electrons. The van der Waals surface area contributed by atoms with Crippen LogP contribution >= 0.6 is 12.8 Å². The standard InChI is InChI=1S/C6H10N2S/c1-3-6-4-8(9)5(2)7-6/h4,9H,3H2,1-2H3. The molecule has 3 heteroatoms. The van der Waals surface area contributed by atoms with Crippen molar-refractivity contribution >= 4 is 12.8 Å². The van der Waals surface area contributed by atoms with E-state index >= 15 is 0 Å². The largest absolute Gasteiger partial charge is 0.280 e. The molecule has 0 saturated carbocycles. The van der Waals surface area contributed by atoms with Gasteiger partial charge in [-0.25, -0.2) is 4.98 Å². The Morgan fingerprint density at radius 2 is 2.44 bits per heavy atom. The monoisotopic (exact) mass is 142 g/mol. The van der Waals surface area contributed by atoms with Crippen molar-refractivity contribution in [3.63, 3.8) is 0 Å². The molecule has 0 saturated heterocycles. The minimum Gasteiger partial charge on any atom is -0.280 e. The highest BCUT2D eigenvalue weighted by Gasteiger charge is 1.96. The van der Waals surface area contributed by atoms with E-state index in [-0.39, 0.29) is 0 Å². The lowest BCUT2D eigenvalue weighted by atomic mass is 10.4. The van der Waals surface area contributed by atoms with E-state index in [1.807, 2.05) is 13.1 Å². The fraction of sp³-hybridized carbons (Fsp3) is 0.500. The van der Waals surface area contributed by atoms with Crippen LogP contribution < -0.4 is 0 Å². The smallest absolute Gasteiger partial charge is 0.115 e. The van der Waals surface area contributed by atoms with Crippen LogP contribution in [0.1, 0.15) is 18.4 Å². The molecule has 0 aliphatic rings. The van der Waals surface area contributed by atoms with Crippen LogP contribution in [0.4, 0.5) is 0 Å². The predicted octanol–water partition coefficient (Wildman–Crippen LogP) is 1.45. The summed E-state index contributed by atoms with van der Waals surface area (Å²) >= 11 is 4.13. The molecule has 9 heavy (non-hydrogen) atoms. The van der Waals surface area contributed by atoms with E-state index in [2.05, 4.69) is 24.7 Å². The van der Waals surface area contributed by atoms with Crippen LogP contribution in [0, 0.1) is 6.92 Å². The normalized spacial score (nSPS) is 10.1. The Kier molecular flexibility index (Phi) is 1.81. The fourth-order valence-corrected chi connectivity index (χ4v) is 0.871. The Morgan fingerprint density at radius 1 is 1.78 bits per heavy atom. The lowest BCUT2D eigenvalue weighted by molar-refractivity contribution is 1.03. The Bertz CT molecular complexity index is 185. The van der Waals surface area contributed by atoms with Crippen molar-refractivity contribution < 1.29 is 0 Å². The predicted molar refractivity (Wildman–Crippen MR) is 40.7 cm³/mol. The highest BCUT2D eigenvalue weighted by Crippen LogP contribution is 2.02. The van der Waals surface area contributed by atoms with Crippen molar-refractivity contribution in [2.45, 2.75) is 20.3 Å². The van der Waals surface area contributed by atoms with Gasteiger partial charge in [-0.1, -0.05) is 19.7 Å². The molecule has 0 spiro atoms. The van der Waals surface area contributed by atoms with Gasteiger partial charge in [0.1, 0.15) is 5.82 Å². The molecule has 0 unspecified atom stereocenters. The second-order valence-corrected chi connectivity index (χ2v) is 2.41. The zero-order valence-electron chi connectivity index (χ0n) is 5.63. The summed E-state index contributed by atoms with van der Waals surface area (Å²) in [7, 11) is 0. The molecule has 0 N–H and O–H groups in total. The van der Waals surface area contributed by atoms with Crippen molar-refractivity contribution in [2.24, 2.45) is 0 Å². The second-order valence-electron chi connectivity index (χ2n) is 1.98. The molecule has 1 aromatic rings. The molecule has 0 radical (unpaired) electrons. The molecular weight excluding hydrogens is 132 g/mol. The van der Waals surface area contributed by atoms with Crippen LogP contribution in [0.15, 0.2) is 6.20 Å². The number of aryl methyl sites for hydroxylation is 2. The van der Waals surface area contributed by atoms with Crippen LogP contribution in [0.2, 0.25) is 0 Å². The topological polar surface area (TPSA) is 17.8 Å². The first-order chi connectivity index (χ1) is 4.24. The molecule has 1 heterocycles. The van der Waals surface area contributed by atoms with E-state index in [0.29, 0.717) is 0 Å². The van der Waals surface area contributed by atoms with E-state index in [1.165, 1.54) is 0 Å². The molecule has 0 amide bonds. The van der Waals surface area contributed by atoms with E-state index in [4.69, 9.17) is 0 Å². The first kappa shape index (κ1) is 6.68. The SMILES string of the molecule is CCc1cn(S)c(C)n1. The van der Waals surface area contributed by atoms with Gasteiger partial charge in [0.2, 0.25) is 0 Å². The Morgan fingerprint density at radius 3 is 2.67 bits per heavy atom. The Balaban J connectivity index is 2.98.